The molecule has 5 rings (SSSR count). The Labute approximate surface area is 125 Å². The average Bonchev–Trinajstić information content (AvgIpc) is 2.45. The summed E-state index contributed by atoms with van der Waals surface area (Å²) in [5.74, 6) is 1.39. The molecule has 0 amide bonds. The zero-order valence-corrected chi connectivity index (χ0v) is 12.6. The third kappa shape index (κ3) is 1.82. The van der Waals surface area contributed by atoms with Gasteiger partial charge in [-0.15, -0.1) is 0 Å². The topological polar surface area (TPSA) is 52.3 Å². The monoisotopic (exact) mass is 285 g/mol. The number of nitrogens with two attached hydrogens (primary N) is 1. The SMILES string of the molecule is COC(=O)C12C[C@@H]3C[C@@H](C1)CC(c1ccc(N)cc1)(C3)C2. The molecule has 2 N–H and O–H groups in total. The molecule has 0 radical (unpaired) electrons. The lowest BCUT2D eigenvalue weighted by molar-refractivity contribution is -0.171. The second-order valence-electron chi connectivity index (χ2n) is 7.64. The summed E-state index contributed by atoms with van der Waals surface area (Å²) in [4.78, 5) is 12.5. The highest BCUT2D eigenvalue weighted by molar-refractivity contribution is 5.78. The van der Waals surface area contributed by atoms with Gasteiger partial charge < -0.3 is 10.5 Å². The van der Waals surface area contributed by atoms with E-state index >= 15 is 0 Å². The summed E-state index contributed by atoms with van der Waals surface area (Å²) in [7, 11) is 1.54. The number of esters is 1. The van der Waals surface area contributed by atoms with E-state index < -0.39 is 0 Å². The summed E-state index contributed by atoms with van der Waals surface area (Å²) in [6.07, 6.45) is 6.79. The minimum atomic E-state index is -0.222. The van der Waals surface area contributed by atoms with Gasteiger partial charge in [-0.1, -0.05) is 12.1 Å². The summed E-state index contributed by atoms with van der Waals surface area (Å²) in [6.45, 7) is 0. The first kappa shape index (κ1) is 13.2. The smallest absolute Gasteiger partial charge is 0.311 e. The Morgan fingerprint density at radius 1 is 1.14 bits per heavy atom. The summed E-state index contributed by atoms with van der Waals surface area (Å²) in [6, 6.07) is 8.35. The third-order valence-electron chi connectivity index (χ3n) is 6.20. The van der Waals surface area contributed by atoms with Crippen LogP contribution in [0.5, 0.6) is 0 Å². The number of hydrogen-bond acceptors (Lipinski definition) is 3. The predicted molar refractivity (Wildman–Crippen MR) is 81.7 cm³/mol. The number of hydrogen-bond donors (Lipinski definition) is 1. The van der Waals surface area contributed by atoms with E-state index in [1.165, 1.54) is 31.9 Å². The molecular weight excluding hydrogens is 262 g/mol. The molecule has 0 aromatic heterocycles. The molecular formula is C18H23NO2. The highest BCUT2D eigenvalue weighted by Crippen LogP contribution is 2.66. The molecule has 3 heteroatoms. The quantitative estimate of drug-likeness (QED) is 0.670. The van der Waals surface area contributed by atoms with Crippen molar-refractivity contribution in [2.45, 2.75) is 43.9 Å². The van der Waals surface area contributed by atoms with Gasteiger partial charge in [0.25, 0.3) is 0 Å². The van der Waals surface area contributed by atoms with Crippen LogP contribution in [0.2, 0.25) is 0 Å². The van der Waals surface area contributed by atoms with Crippen LogP contribution < -0.4 is 5.73 Å². The maximum atomic E-state index is 12.5. The van der Waals surface area contributed by atoms with E-state index in [9.17, 15) is 4.79 Å². The molecule has 0 heterocycles. The van der Waals surface area contributed by atoms with E-state index in [-0.39, 0.29) is 16.8 Å². The van der Waals surface area contributed by atoms with E-state index in [1.54, 1.807) is 0 Å². The highest BCUT2D eigenvalue weighted by atomic mass is 16.5. The standard InChI is InChI=1S/C18H23NO2/c1-21-16(20)18-9-12-6-13(10-18)8-17(7-12,11-18)14-2-4-15(19)5-3-14/h2-5,12-13H,6-11,19H2,1H3/t12-,13-,17?,18?/m1/s1. The van der Waals surface area contributed by atoms with E-state index in [4.69, 9.17) is 10.5 Å². The number of carbonyl (C=O) groups is 1. The summed E-state index contributed by atoms with van der Waals surface area (Å²) in [5.41, 5.74) is 7.98. The third-order valence-corrected chi connectivity index (χ3v) is 6.20. The largest absolute Gasteiger partial charge is 0.469 e. The fourth-order valence-electron chi connectivity index (χ4n) is 5.89. The second kappa shape index (κ2) is 4.25. The lowest BCUT2D eigenvalue weighted by Gasteiger charge is -2.61. The number of rotatable bonds is 2. The minimum Gasteiger partial charge on any atom is -0.469 e. The number of ether oxygens (including phenoxy) is 1. The van der Waals surface area contributed by atoms with Gasteiger partial charge in [0.1, 0.15) is 0 Å². The van der Waals surface area contributed by atoms with Crippen molar-refractivity contribution in [2.75, 3.05) is 12.8 Å². The molecule has 4 fully saturated rings. The van der Waals surface area contributed by atoms with Crippen molar-refractivity contribution in [1.29, 1.82) is 0 Å². The zero-order valence-electron chi connectivity index (χ0n) is 12.6. The van der Waals surface area contributed by atoms with Gasteiger partial charge in [-0.25, -0.2) is 0 Å². The molecule has 112 valence electrons. The molecule has 0 unspecified atom stereocenters. The summed E-state index contributed by atoms with van der Waals surface area (Å²) < 4.78 is 5.18. The summed E-state index contributed by atoms with van der Waals surface area (Å²) >= 11 is 0. The molecule has 2 atom stereocenters. The molecule has 0 saturated heterocycles. The van der Waals surface area contributed by atoms with Crippen LogP contribution in [0.25, 0.3) is 0 Å². The van der Waals surface area contributed by atoms with Gasteiger partial charge in [-0.05, 0) is 73.5 Å². The molecule has 3 nitrogen and oxygen atoms in total. The van der Waals surface area contributed by atoms with Crippen LogP contribution in [0.15, 0.2) is 24.3 Å². The first-order valence-corrected chi connectivity index (χ1v) is 8.00. The second-order valence-corrected chi connectivity index (χ2v) is 7.64. The normalized spacial score (nSPS) is 40.2. The van der Waals surface area contributed by atoms with Crippen molar-refractivity contribution in [3.63, 3.8) is 0 Å². The Morgan fingerprint density at radius 2 is 1.76 bits per heavy atom. The molecule has 21 heavy (non-hydrogen) atoms. The number of methoxy groups -OCH3 is 1. The Hall–Kier alpha value is -1.51. The van der Waals surface area contributed by atoms with Crippen LogP contribution in [0, 0.1) is 17.3 Å². The van der Waals surface area contributed by atoms with Crippen LogP contribution in [0.3, 0.4) is 0 Å². The number of nitrogen functional groups attached to an aromatic ring is 1. The molecule has 1 aromatic rings. The van der Waals surface area contributed by atoms with Gasteiger partial charge in [-0.2, -0.15) is 0 Å². The molecule has 4 saturated carbocycles. The predicted octanol–water partition coefficient (Wildman–Crippen LogP) is 3.28. The van der Waals surface area contributed by atoms with Gasteiger partial charge >= 0.3 is 5.97 Å². The van der Waals surface area contributed by atoms with Gasteiger partial charge in [0.2, 0.25) is 0 Å². The first-order chi connectivity index (χ1) is 10.1. The van der Waals surface area contributed by atoms with Crippen molar-refractivity contribution >= 4 is 11.7 Å². The minimum absolute atomic E-state index is 0.0245. The summed E-state index contributed by atoms with van der Waals surface area (Å²) in [5, 5.41) is 0. The van der Waals surface area contributed by atoms with Gasteiger partial charge in [0, 0.05) is 5.69 Å². The molecule has 0 aliphatic heterocycles. The van der Waals surface area contributed by atoms with Crippen molar-refractivity contribution in [3.05, 3.63) is 29.8 Å². The fourth-order valence-corrected chi connectivity index (χ4v) is 5.89. The highest BCUT2D eigenvalue weighted by Gasteiger charge is 2.61. The maximum Gasteiger partial charge on any atom is 0.311 e. The van der Waals surface area contributed by atoms with Crippen LogP contribution in [0.1, 0.15) is 44.1 Å². The fraction of sp³-hybridized carbons (Fsp3) is 0.611. The van der Waals surface area contributed by atoms with E-state index in [2.05, 4.69) is 12.1 Å². The van der Waals surface area contributed by atoms with Crippen molar-refractivity contribution < 1.29 is 9.53 Å². The lowest BCUT2D eigenvalue weighted by atomic mass is 9.43. The number of anilines is 1. The average molecular weight is 285 g/mol. The van der Waals surface area contributed by atoms with Crippen molar-refractivity contribution in [2.24, 2.45) is 17.3 Å². The van der Waals surface area contributed by atoms with Crippen LogP contribution in [-0.4, -0.2) is 13.1 Å². The Balaban J connectivity index is 1.76. The Kier molecular flexibility index (Phi) is 2.66. The van der Waals surface area contributed by atoms with Gasteiger partial charge in [0.15, 0.2) is 0 Å². The molecule has 4 aliphatic rings. The molecule has 4 aliphatic carbocycles. The van der Waals surface area contributed by atoms with E-state index in [1.807, 2.05) is 12.1 Å². The Morgan fingerprint density at radius 3 is 2.33 bits per heavy atom. The molecule has 0 spiro atoms. The van der Waals surface area contributed by atoms with Crippen molar-refractivity contribution in [1.82, 2.24) is 0 Å². The molecule has 4 bridgehead atoms. The van der Waals surface area contributed by atoms with E-state index in [0.717, 1.165) is 24.9 Å². The number of carbonyl (C=O) groups excluding carboxylic acids is 1. The van der Waals surface area contributed by atoms with Gasteiger partial charge in [-0.3, -0.25) is 4.79 Å². The van der Waals surface area contributed by atoms with Crippen molar-refractivity contribution in [3.8, 4) is 0 Å². The van der Waals surface area contributed by atoms with E-state index in [0.29, 0.717) is 11.8 Å². The lowest BCUT2D eigenvalue weighted by Crippen LogP contribution is -2.57. The molecule has 1 aromatic carbocycles. The zero-order chi connectivity index (χ0) is 14.7. The van der Waals surface area contributed by atoms with Crippen LogP contribution in [0.4, 0.5) is 5.69 Å². The maximum absolute atomic E-state index is 12.5. The van der Waals surface area contributed by atoms with Crippen LogP contribution >= 0.6 is 0 Å². The van der Waals surface area contributed by atoms with Gasteiger partial charge in [0.05, 0.1) is 12.5 Å². The first-order valence-electron chi connectivity index (χ1n) is 8.00. The Bertz CT molecular complexity index is 563. The number of benzene rings is 1. The van der Waals surface area contributed by atoms with Crippen LogP contribution in [-0.2, 0) is 14.9 Å².